The van der Waals surface area contributed by atoms with E-state index in [-0.39, 0.29) is 0 Å². The number of aromatic nitrogens is 2. The van der Waals surface area contributed by atoms with E-state index >= 15 is 0 Å². The van der Waals surface area contributed by atoms with Crippen molar-refractivity contribution < 1.29 is 9.18 Å². The van der Waals surface area contributed by atoms with Gasteiger partial charge in [-0.05, 0) is 25.1 Å². The van der Waals surface area contributed by atoms with Crippen LogP contribution in [0.15, 0.2) is 30.6 Å². The maximum atomic E-state index is 13.0. The van der Waals surface area contributed by atoms with E-state index in [1.54, 1.807) is 25.1 Å². The number of pyridine rings is 2. The van der Waals surface area contributed by atoms with Gasteiger partial charge < -0.3 is 0 Å². The van der Waals surface area contributed by atoms with Gasteiger partial charge in [0.15, 0.2) is 6.29 Å². The second-order valence-electron chi connectivity index (χ2n) is 3.43. The number of nitrogens with zero attached hydrogens (tertiary/aromatic N) is 2. The van der Waals surface area contributed by atoms with Crippen LogP contribution in [-0.4, -0.2) is 16.3 Å². The monoisotopic (exact) mass is 216 g/mol. The number of hydrogen-bond acceptors (Lipinski definition) is 3. The molecule has 0 aliphatic carbocycles. The summed E-state index contributed by atoms with van der Waals surface area (Å²) >= 11 is 0. The summed E-state index contributed by atoms with van der Waals surface area (Å²) in [5.74, 6) is -0.478. The fraction of sp³-hybridized carbons (Fsp3) is 0.0833. The van der Waals surface area contributed by atoms with E-state index in [9.17, 15) is 9.18 Å². The lowest BCUT2D eigenvalue weighted by molar-refractivity contribution is 0.112. The largest absolute Gasteiger partial charge is 0.298 e. The van der Waals surface area contributed by atoms with Crippen LogP contribution < -0.4 is 0 Å². The minimum atomic E-state index is -0.478. The van der Waals surface area contributed by atoms with Crippen molar-refractivity contribution in [2.45, 2.75) is 6.92 Å². The molecule has 0 radical (unpaired) electrons. The molecule has 2 aromatic rings. The van der Waals surface area contributed by atoms with Crippen molar-refractivity contribution in [3.8, 4) is 11.3 Å². The molecule has 0 aliphatic rings. The van der Waals surface area contributed by atoms with Gasteiger partial charge in [-0.1, -0.05) is 0 Å². The number of rotatable bonds is 2. The van der Waals surface area contributed by atoms with Crippen LogP contribution in [0.3, 0.4) is 0 Å². The highest BCUT2D eigenvalue weighted by Gasteiger charge is 2.03. The van der Waals surface area contributed by atoms with Crippen LogP contribution in [0, 0.1) is 12.9 Å². The molecule has 0 fully saturated rings. The normalized spacial score (nSPS) is 10.1. The zero-order valence-corrected chi connectivity index (χ0v) is 8.64. The molecule has 3 nitrogen and oxygen atoms in total. The third-order valence-corrected chi connectivity index (χ3v) is 2.23. The second kappa shape index (κ2) is 4.18. The molecule has 0 aromatic carbocycles. The summed E-state index contributed by atoms with van der Waals surface area (Å²) in [5.41, 5.74) is 2.38. The van der Waals surface area contributed by atoms with Crippen molar-refractivity contribution >= 4 is 6.29 Å². The second-order valence-corrected chi connectivity index (χ2v) is 3.43. The Hall–Kier alpha value is -2.10. The Morgan fingerprint density at radius 2 is 2.06 bits per heavy atom. The number of halogens is 1. The van der Waals surface area contributed by atoms with E-state index in [2.05, 4.69) is 9.97 Å². The minimum Gasteiger partial charge on any atom is -0.298 e. The first kappa shape index (κ1) is 10.4. The fourth-order valence-corrected chi connectivity index (χ4v) is 1.34. The van der Waals surface area contributed by atoms with Gasteiger partial charge in [0.25, 0.3) is 0 Å². The van der Waals surface area contributed by atoms with Gasteiger partial charge in [-0.3, -0.25) is 9.78 Å². The van der Waals surface area contributed by atoms with Crippen LogP contribution in [-0.2, 0) is 0 Å². The summed E-state index contributed by atoms with van der Waals surface area (Å²) in [6.45, 7) is 1.64. The van der Waals surface area contributed by atoms with Crippen LogP contribution in [0.25, 0.3) is 11.3 Å². The minimum absolute atomic E-state index is 0.471. The van der Waals surface area contributed by atoms with Crippen LogP contribution in [0.2, 0.25) is 0 Å². The number of carbonyl (C=O) groups excluding carboxylic acids is 1. The predicted octanol–water partition coefficient (Wildman–Crippen LogP) is 2.40. The third-order valence-electron chi connectivity index (χ3n) is 2.23. The Labute approximate surface area is 92.0 Å². The lowest BCUT2D eigenvalue weighted by Crippen LogP contribution is -1.91. The first-order valence-electron chi connectivity index (χ1n) is 4.74. The molecule has 16 heavy (non-hydrogen) atoms. The van der Waals surface area contributed by atoms with Crippen molar-refractivity contribution in [2.24, 2.45) is 0 Å². The van der Waals surface area contributed by atoms with E-state index in [4.69, 9.17) is 0 Å². The summed E-state index contributed by atoms with van der Waals surface area (Å²) in [7, 11) is 0. The van der Waals surface area contributed by atoms with Gasteiger partial charge in [0.2, 0.25) is 5.95 Å². The van der Waals surface area contributed by atoms with Gasteiger partial charge in [0.05, 0.1) is 5.69 Å². The number of aryl methyl sites for hydroxylation is 1. The molecule has 0 saturated heterocycles. The first-order valence-corrected chi connectivity index (χ1v) is 4.74. The molecular weight excluding hydrogens is 207 g/mol. The molecule has 0 unspecified atom stereocenters. The molecule has 0 spiro atoms. The van der Waals surface area contributed by atoms with Crippen molar-refractivity contribution in [1.82, 2.24) is 9.97 Å². The van der Waals surface area contributed by atoms with E-state index in [0.717, 1.165) is 11.8 Å². The number of carbonyl (C=O) groups is 1. The fourth-order valence-electron chi connectivity index (χ4n) is 1.34. The van der Waals surface area contributed by atoms with E-state index in [1.165, 1.54) is 12.4 Å². The first-order chi connectivity index (χ1) is 7.70. The van der Waals surface area contributed by atoms with Crippen LogP contribution >= 0.6 is 0 Å². The van der Waals surface area contributed by atoms with Crippen LogP contribution in [0.5, 0.6) is 0 Å². The molecule has 80 valence electrons. The highest BCUT2D eigenvalue weighted by Crippen LogP contribution is 2.17. The van der Waals surface area contributed by atoms with E-state index < -0.39 is 5.95 Å². The standard InChI is InChI=1S/C12H9FN2O/c1-8-4-10(6-15-12(8)13)11-3-2-9(7-16)5-14-11/h2-7H,1H3. The Morgan fingerprint density at radius 3 is 2.62 bits per heavy atom. The highest BCUT2D eigenvalue weighted by molar-refractivity contribution is 5.75. The van der Waals surface area contributed by atoms with Gasteiger partial charge in [-0.15, -0.1) is 0 Å². The quantitative estimate of drug-likeness (QED) is 0.571. The summed E-state index contributed by atoms with van der Waals surface area (Å²) in [4.78, 5) is 18.2. The Morgan fingerprint density at radius 1 is 1.25 bits per heavy atom. The van der Waals surface area contributed by atoms with Crippen LogP contribution in [0.4, 0.5) is 4.39 Å². The molecule has 0 N–H and O–H groups in total. The Kier molecular flexibility index (Phi) is 2.72. The molecule has 4 heteroatoms. The molecule has 0 bridgehead atoms. The van der Waals surface area contributed by atoms with Gasteiger partial charge in [0.1, 0.15) is 0 Å². The zero-order chi connectivity index (χ0) is 11.5. The molecular formula is C12H9FN2O. The Balaban J connectivity index is 2.42. The zero-order valence-electron chi connectivity index (χ0n) is 8.64. The van der Waals surface area contributed by atoms with Crippen molar-refractivity contribution in [3.05, 3.63) is 47.7 Å². The Bertz CT molecular complexity index is 523. The lowest BCUT2D eigenvalue weighted by atomic mass is 10.1. The molecule has 0 atom stereocenters. The van der Waals surface area contributed by atoms with Gasteiger partial charge in [0, 0.05) is 29.1 Å². The van der Waals surface area contributed by atoms with E-state index in [0.29, 0.717) is 16.8 Å². The molecule has 0 saturated carbocycles. The molecule has 2 heterocycles. The molecule has 0 amide bonds. The smallest absolute Gasteiger partial charge is 0.215 e. The number of hydrogen-bond donors (Lipinski definition) is 0. The number of aldehydes is 1. The van der Waals surface area contributed by atoms with Crippen LogP contribution in [0.1, 0.15) is 15.9 Å². The topological polar surface area (TPSA) is 42.9 Å². The maximum Gasteiger partial charge on any atom is 0.215 e. The van der Waals surface area contributed by atoms with Gasteiger partial charge in [-0.2, -0.15) is 4.39 Å². The molecule has 0 aliphatic heterocycles. The average Bonchev–Trinajstić information content (AvgIpc) is 2.33. The lowest BCUT2D eigenvalue weighted by Gasteiger charge is -2.02. The summed E-state index contributed by atoms with van der Waals surface area (Å²) < 4.78 is 13.0. The SMILES string of the molecule is Cc1cc(-c2ccc(C=O)cn2)cnc1F. The average molecular weight is 216 g/mol. The molecule has 2 aromatic heterocycles. The summed E-state index contributed by atoms with van der Waals surface area (Å²) in [6, 6.07) is 5.04. The van der Waals surface area contributed by atoms with Crippen molar-refractivity contribution in [3.63, 3.8) is 0 Å². The molecule has 2 rings (SSSR count). The van der Waals surface area contributed by atoms with Crippen molar-refractivity contribution in [1.29, 1.82) is 0 Å². The summed E-state index contributed by atoms with van der Waals surface area (Å²) in [6.07, 6.45) is 3.62. The maximum absolute atomic E-state index is 13.0. The highest BCUT2D eigenvalue weighted by atomic mass is 19.1. The third kappa shape index (κ3) is 1.95. The van der Waals surface area contributed by atoms with E-state index in [1.807, 2.05) is 0 Å². The van der Waals surface area contributed by atoms with Gasteiger partial charge >= 0.3 is 0 Å². The predicted molar refractivity (Wildman–Crippen MR) is 57.6 cm³/mol. The van der Waals surface area contributed by atoms with Gasteiger partial charge in [-0.25, -0.2) is 4.98 Å². The summed E-state index contributed by atoms with van der Waals surface area (Å²) in [5, 5.41) is 0. The van der Waals surface area contributed by atoms with Crippen molar-refractivity contribution in [2.75, 3.05) is 0 Å².